The van der Waals surface area contributed by atoms with Crippen molar-refractivity contribution in [3.05, 3.63) is 0 Å². The molecule has 15 heavy (non-hydrogen) atoms. The quantitative estimate of drug-likeness (QED) is 0.693. The number of carbonyl (C=O) groups excluding carboxylic acids is 1. The Morgan fingerprint density at radius 3 is 2.47 bits per heavy atom. The molecule has 2 rings (SSSR count). The lowest BCUT2D eigenvalue weighted by molar-refractivity contribution is -0.129. The van der Waals surface area contributed by atoms with Crippen LogP contribution in [0.4, 0.5) is 0 Å². The van der Waals surface area contributed by atoms with E-state index in [1.165, 1.54) is 25.9 Å². The molecule has 1 amide bonds. The van der Waals surface area contributed by atoms with Gasteiger partial charge in [-0.05, 0) is 45.3 Å². The number of piperidine rings is 1. The summed E-state index contributed by atoms with van der Waals surface area (Å²) in [4.78, 5) is 15.9. The first-order chi connectivity index (χ1) is 7.16. The van der Waals surface area contributed by atoms with Crippen LogP contribution in [0.25, 0.3) is 0 Å². The minimum absolute atomic E-state index is 0.161. The van der Waals surface area contributed by atoms with Crippen molar-refractivity contribution in [3.8, 4) is 0 Å². The average Bonchev–Trinajstić information content (AvgIpc) is 2.53. The van der Waals surface area contributed by atoms with Crippen LogP contribution in [0.3, 0.4) is 0 Å². The van der Waals surface area contributed by atoms with Crippen LogP contribution in [0.2, 0.25) is 0 Å². The summed E-state index contributed by atoms with van der Waals surface area (Å²) in [5, 5.41) is 0. The lowest BCUT2D eigenvalue weighted by Gasteiger charge is -2.31. The first-order valence-corrected chi connectivity index (χ1v) is 5.89. The van der Waals surface area contributed by atoms with Crippen LogP contribution in [0.15, 0.2) is 0 Å². The molecule has 2 aliphatic rings. The van der Waals surface area contributed by atoms with E-state index in [0.29, 0.717) is 5.92 Å². The molecule has 0 spiro atoms. The largest absolute Gasteiger partial charge is 0.341 e. The number of carbonyl (C=O) groups is 1. The highest BCUT2D eigenvalue weighted by Crippen LogP contribution is 2.20. The van der Waals surface area contributed by atoms with E-state index in [4.69, 9.17) is 5.73 Å². The molecule has 2 aliphatic heterocycles. The highest BCUT2D eigenvalue weighted by Gasteiger charge is 2.30. The highest BCUT2D eigenvalue weighted by atomic mass is 16.2. The second-order valence-electron chi connectivity index (χ2n) is 4.93. The Morgan fingerprint density at radius 1 is 1.27 bits per heavy atom. The van der Waals surface area contributed by atoms with E-state index >= 15 is 0 Å². The SMILES string of the molecule is CN1CCC(CN2CCC(N)C2=O)CC1. The van der Waals surface area contributed by atoms with E-state index in [9.17, 15) is 4.79 Å². The Labute approximate surface area is 91.4 Å². The van der Waals surface area contributed by atoms with Crippen molar-refractivity contribution in [1.29, 1.82) is 0 Å². The predicted molar refractivity (Wildman–Crippen MR) is 59.4 cm³/mol. The van der Waals surface area contributed by atoms with Gasteiger partial charge in [0.1, 0.15) is 0 Å². The molecule has 4 nitrogen and oxygen atoms in total. The molecule has 86 valence electrons. The number of likely N-dealkylation sites (tertiary alicyclic amines) is 2. The second kappa shape index (κ2) is 4.49. The van der Waals surface area contributed by atoms with Crippen LogP contribution in [-0.2, 0) is 4.79 Å². The maximum absolute atomic E-state index is 11.6. The average molecular weight is 211 g/mol. The van der Waals surface area contributed by atoms with Crippen molar-refractivity contribution < 1.29 is 4.79 Å². The van der Waals surface area contributed by atoms with Crippen molar-refractivity contribution >= 4 is 5.91 Å². The molecule has 2 saturated heterocycles. The summed E-state index contributed by atoms with van der Waals surface area (Å²) in [5.41, 5.74) is 5.70. The molecule has 0 saturated carbocycles. The number of nitrogens with zero attached hydrogens (tertiary/aromatic N) is 2. The summed E-state index contributed by atoms with van der Waals surface area (Å²) in [7, 11) is 2.16. The standard InChI is InChI=1S/C11H21N3O/c1-13-5-2-9(3-6-13)8-14-7-4-10(12)11(14)15/h9-10H,2-8,12H2,1H3. The molecule has 0 radical (unpaired) electrons. The van der Waals surface area contributed by atoms with Gasteiger partial charge in [-0.2, -0.15) is 0 Å². The molecule has 4 heteroatoms. The smallest absolute Gasteiger partial charge is 0.239 e. The minimum atomic E-state index is -0.226. The molecular formula is C11H21N3O. The molecule has 0 aromatic carbocycles. The molecule has 0 bridgehead atoms. The fourth-order valence-electron chi connectivity index (χ4n) is 2.50. The van der Waals surface area contributed by atoms with Crippen LogP contribution in [0.5, 0.6) is 0 Å². The summed E-state index contributed by atoms with van der Waals surface area (Å²) >= 11 is 0. The number of hydrogen-bond acceptors (Lipinski definition) is 3. The third kappa shape index (κ3) is 2.49. The summed E-state index contributed by atoms with van der Waals surface area (Å²) in [6.07, 6.45) is 3.27. The zero-order chi connectivity index (χ0) is 10.8. The van der Waals surface area contributed by atoms with Gasteiger partial charge in [0.2, 0.25) is 5.91 Å². The Hall–Kier alpha value is -0.610. The topological polar surface area (TPSA) is 49.6 Å². The first-order valence-electron chi connectivity index (χ1n) is 5.89. The summed E-state index contributed by atoms with van der Waals surface area (Å²) in [5.74, 6) is 0.851. The zero-order valence-corrected chi connectivity index (χ0v) is 9.48. The molecule has 0 aliphatic carbocycles. The van der Waals surface area contributed by atoms with Gasteiger partial charge in [-0.15, -0.1) is 0 Å². The third-order valence-corrected chi connectivity index (χ3v) is 3.66. The number of rotatable bonds is 2. The molecule has 2 N–H and O–H groups in total. The van der Waals surface area contributed by atoms with Crippen molar-refractivity contribution in [3.63, 3.8) is 0 Å². The van der Waals surface area contributed by atoms with Crippen LogP contribution in [-0.4, -0.2) is 55.0 Å². The first kappa shape index (κ1) is 10.9. The normalized spacial score (nSPS) is 30.1. The van der Waals surface area contributed by atoms with Crippen LogP contribution in [0.1, 0.15) is 19.3 Å². The third-order valence-electron chi connectivity index (χ3n) is 3.66. The molecule has 2 fully saturated rings. The van der Waals surface area contributed by atoms with Crippen LogP contribution in [0, 0.1) is 5.92 Å². The molecular weight excluding hydrogens is 190 g/mol. The summed E-state index contributed by atoms with van der Waals surface area (Å²) < 4.78 is 0. The van der Waals surface area contributed by atoms with E-state index in [1.54, 1.807) is 0 Å². The van der Waals surface area contributed by atoms with Gasteiger partial charge in [-0.1, -0.05) is 0 Å². The second-order valence-corrected chi connectivity index (χ2v) is 4.93. The fourth-order valence-corrected chi connectivity index (χ4v) is 2.50. The monoisotopic (exact) mass is 211 g/mol. The van der Waals surface area contributed by atoms with Crippen molar-refractivity contribution in [2.24, 2.45) is 11.7 Å². The van der Waals surface area contributed by atoms with Crippen molar-refractivity contribution in [2.45, 2.75) is 25.3 Å². The number of amides is 1. The van der Waals surface area contributed by atoms with Gasteiger partial charge >= 0.3 is 0 Å². The van der Waals surface area contributed by atoms with Crippen molar-refractivity contribution in [1.82, 2.24) is 9.80 Å². The minimum Gasteiger partial charge on any atom is -0.341 e. The van der Waals surface area contributed by atoms with Gasteiger partial charge in [0, 0.05) is 13.1 Å². The van der Waals surface area contributed by atoms with E-state index in [1.807, 2.05) is 4.90 Å². The van der Waals surface area contributed by atoms with Crippen LogP contribution >= 0.6 is 0 Å². The fraction of sp³-hybridized carbons (Fsp3) is 0.909. The molecule has 2 heterocycles. The van der Waals surface area contributed by atoms with Gasteiger partial charge in [0.05, 0.1) is 6.04 Å². The Morgan fingerprint density at radius 2 is 1.93 bits per heavy atom. The van der Waals surface area contributed by atoms with E-state index in [2.05, 4.69) is 11.9 Å². The van der Waals surface area contributed by atoms with E-state index in [-0.39, 0.29) is 11.9 Å². The molecule has 0 aromatic rings. The Kier molecular flexibility index (Phi) is 3.26. The summed E-state index contributed by atoms with van der Waals surface area (Å²) in [6.45, 7) is 4.13. The van der Waals surface area contributed by atoms with Crippen molar-refractivity contribution in [2.75, 3.05) is 33.2 Å². The van der Waals surface area contributed by atoms with Gasteiger partial charge in [0.25, 0.3) is 0 Å². The molecule has 1 unspecified atom stereocenters. The van der Waals surface area contributed by atoms with Gasteiger partial charge in [-0.25, -0.2) is 0 Å². The maximum Gasteiger partial charge on any atom is 0.239 e. The summed E-state index contributed by atoms with van der Waals surface area (Å²) in [6, 6.07) is -0.226. The lowest BCUT2D eigenvalue weighted by Crippen LogP contribution is -2.40. The van der Waals surface area contributed by atoms with Gasteiger partial charge in [-0.3, -0.25) is 4.79 Å². The van der Waals surface area contributed by atoms with Gasteiger partial charge < -0.3 is 15.5 Å². The lowest BCUT2D eigenvalue weighted by atomic mass is 9.97. The van der Waals surface area contributed by atoms with E-state index < -0.39 is 0 Å². The van der Waals surface area contributed by atoms with Crippen LogP contribution < -0.4 is 5.73 Å². The number of nitrogens with two attached hydrogens (primary N) is 1. The Balaban J connectivity index is 1.80. The predicted octanol–water partition coefficient (Wildman–Crippen LogP) is -0.112. The highest BCUT2D eigenvalue weighted by molar-refractivity contribution is 5.83. The van der Waals surface area contributed by atoms with E-state index in [0.717, 1.165) is 19.5 Å². The number of hydrogen-bond donors (Lipinski definition) is 1. The maximum atomic E-state index is 11.6. The molecule has 0 aromatic heterocycles. The molecule has 1 atom stereocenters. The zero-order valence-electron chi connectivity index (χ0n) is 9.48. The Bertz CT molecular complexity index is 236. The van der Waals surface area contributed by atoms with Gasteiger partial charge in [0.15, 0.2) is 0 Å².